The topological polar surface area (TPSA) is 20.2 Å². The third kappa shape index (κ3) is 3.88. The third-order valence-electron chi connectivity index (χ3n) is 8.06. The van der Waals surface area contributed by atoms with Crippen LogP contribution in [0.1, 0.15) is 36.0 Å². The van der Waals surface area contributed by atoms with Gasteiger partial charge in [-0.3, -0.25) is 0 Å². The zero-order chi connectivity index (χ0) is 20.5. The summed E-state index contributed by atoms with van der Waals surface area (Å²) in [5.74, 6) is 0. The van der Waals surface area contributed by atoms with Crippen LogP contribution in [0.15, 0.2) is 91.0 Å². The van der Waals surface area contributed by atoms with Crippen molar-refractivity contribution in [3.05, 3.63) is 108 Å². The monoisotopic (exact) mass is 477 g/mol. The molecule has 3 aromatic rings. The number of benzene rings is 3. The van der Waals surface area contributed by atoms with Crippen LogP contribution in [0.3, 0.4) is 0 Å². The first-order valence-electron chi connectivity index (χ1n) is 11.4. The molecule has 0 radical (unpaired) electrons. The van der Waals surface area contributed by atoms with E-state index in [-0.39, 0.29) is 22.4 Å². The number of halogens is 1. The van der Waals surface area contributed by atoms with Crippen LogP contribution in [-0.4, -0.2) is 35.8 Å². The lowest BCUT2D eigenvalue weighted by Gasteiger charge is -2.60. The number of quaternary nitrogens is 1. The SMILES string of the molecule is OC(c1ccccc1)(c1ccccc1)C12CC[N+](CCc3ccccc3)(CC1)CC2.[Br-]. The Hall–Kier alpha value is -1.94. The summed E-state index contributed by atoms with van der Waals surface area (Å²) in [5, 5.41) is 12.4. The van der Waals surface area contributed by atoms with Crippen LogP contribution >= 0.6 is 0 Å². The Labute approximate surface area is 196 Å². The second-order valence-corrected chi connectivity index (χ2v) is 9.44. The minimum Gasteiger partial charge on any atom is -1.00 e. The van der Waals surface area contributed by atoms with Crippen LogP contribution in [0.4, 0.5) is 0 Å². The van der Waals surface area contributed by atoms with E-state index < -0.39 is 5.60 Å². The van der Waals surface area contributed by atoms with Crippen LogP contribution in [0.2, 0.25) is 0 Å². The first-order chi connectivity index (χ1) is 14.7. The highest BCUT2D eigenvalue weighted by Crippen LogP contribution is 2.57. The molecule has 2 nitrogen and oxygen atoms in total. The van der Waals surface area contributed by atoms with Crippen molar-refractivity contribution in [2.24, 2.45) is 5.41 Å². The molecular weight excluding hydrogens is 446 g/mol. The van der Waals surface area contributed by atoms with Crippen molar-refractivity contribution < 1.29 is 26.6 Å². The van der Waals surface area contributed by atoms with E-state index in [0.717, 1.165) is 36.8 Å². The van der Waals surface area contributed by atoms with Gasteiger partial charge >= 0.3 is 0 Å². The molecule has 2 bridgehead atoms. The van der Waals surface area contributed by atoms with Gasteiger partial charge < -0.3 is 26.6 Å². The molecule has 6 rings (SSSR count). The fourth-order valence-corrected chi connectivity index (χ4v) is 6.09. The van der Waals surface area contributed by atoms with Gasteiger partial charge in [-0.15, -0.1) is 0 Å². The number of hydrogen-bond acceptors (Lipinski definition) is 1. The van der Waals surface area contributed by atoms with E-state index in [4.69, 9.17) is 0 Å². The van der Waals surface area contributed by atoms with Gasteiger partial charge in [0.25, 0.3) is 0 Å². The fourth-order valence-electron chi connectivity index (χ4n) is 6.09. The van der Waals surface area contributed by atoms with Crippen LogP contribution in [0.25, 0.3) is 0 Å². The van der Waals surface area contributed by atoms with Crippen LogP contribution in [-0.2, 0) is 12.0 Å². The molecule has 0 aliphatic carbocycles. The first-order valence-corrected chi connectivity index (χ1v) is 11.4. The number of fused-ring (bicyclic) bond motifs is 3. The van der Waals surface area contributed by atoms with Crippen LogP contribution in [0, 0.1) is 5.41 Å². The van der Waals surface area contributed by atoms with E-state index >= 15 is 0 Å². The summed E-state index contributed by atoms with van der Waals surface area (Å²) in [6.45, 7) is 4.74. The molecule has 3 saturated heterocycles. The molecule has 3 fully saturated rings. The summed E-state index contributed by atoms with van der Waals surface area (Å²) in [5.41, 5.74) is 2.52. The second-order valence-electron chi connectivity index (χ2n) is 9.44. The number of piperidine rings is 3. The van der Waals surface area contributed by atoms with Gasteiger partial charge in [0.05, 0.1) is 26.2 Å². The Bertz CT molecular complexity index is 910. The molecular formula is C28H32BrNO. The fraction of sp³-hybridized carbons (Fsp3) is 0.357. The molecule has 162 valence electrons. The zero-order valence-electron chi connectivity index (χ0n) is 18.1. The summed E-state index contributed by atoms with van der Waals surface area (Å²) in [7, 11) is 0. The van der Waals surface area contributed by atoms with Gasteiger partial charge in [-0.2, -0.15) is 0 Å². The Morgan fingerprint density at radius 1 is 0.677 bits per heavy atom. The van der Waals surface area contributed by atoms with Gasteiger partial charge in [-0.1, -0.05) is 91.0 Å². The van der Waals surface area contributed by atoms with E-state index in [1.54, 1.807) is 0 Å². The van der Waals surface area contributed by atoms with Gasteiger partial charge in [0.2, 0.25) is 0 Å². The largest absolute Gasteiger partial charge is 1.00 e. The normalized spacial score (nSPS) is 25.1. The molecule has 3 aromatic carbocycles. The van der Waals surface area contributed by atoms with Crippen molar-refractivity contribution in [1.82, 2.24) is 0 Å². The first kappa shape index (κ1) is 22.3. The maximum atomic E-state index is 12.4. The molecule has 1 N–H and O–H groups in total. The second kappa shape index (κ2) is 8.90. The highest BCUT2D eigenvalue weighted by atomic mass is 79.9. The molecule has 3 heterocycles. The summed E-state index contributed by atoms with van der Waals surface area (Å²) in [6, 6.07) is 31.7. The lowest BCUT2D eigenvalue weighted by Crippen LogP contribution is -3.00. The van der Waals surface area contributed by atoms with Crippen molar-refractivity contribution in [2.45, 2.75) is 31.3 Å². The third-order valence-corrected chi connectivity index (χ3v) is 8.06. The maximum absolute atomic E-state index is 12.4. The van der Waals surface area contributed by atoms with Crippen molar-refractivity contribution in [2.75, 3.05) is 26.2 Å². The Kier molecular flexibility index (Phi) is 6.39. The molecule has 0 saturated carbocycles. The molecule has 0 spiro atoms. The smallest absolute Gasteiger partial charge is 0.121 e. The van der Waals surface area contributed by atoms with Gasteiger partial charge in [0, 0.05) is 31.1 Å². The molecule has 31 heavy (non-hydrogen) atoms. The van der Waals surface area contributed by atoms with E-state index in [0.29, 0.717) is 0 Å². The molecule has 3 aliphatic heterocycles. The Balaban J connectivity index is 0.00000231. The highest BCUT2D eigenvalue weighted by Gasteiger charge is 2.60. The average Bonchev–Trinajstić information content (AvgIpc) is 2.85. The predicted octanol–water partition coefficient (Wildman–Crippen LogP) is 2.17. The van der Waals surface area contributed by atoms with Crippen molar-refractivity contribution in [1.29, 1.82) is 0 Å². The number of rotatable bonds is 6. The zero-order valence-corrected chi connectivity index (χ0v) is 19.7. The number of hydrogen-bond donors (Lipinski definition) is 1. The lowest BCUT2D eigenvalue weighted by atomic mass is 9.56. The average molecular weight is 478 g/mol. The van der Waals surface area contributed by atoms with Crippen molar-refractivity contribution in [3.8, 4) is 0 Å². The summed E-state index contributed by atoms with van der Waals surface area (Å²) < 4.78 is 1.22. The van der Waals surface area contributed by atoms with E-state index in [1.165, 1.54) is 36.2 Å². The van der Waals surface area contributed by atoms with Crippen LogP contribution in [0.5, 0.6) is 0 Å². The summed E-state index contributed by atoms with van der Waals surface area (Å²) in [4.78, 5) is 0. The highest BCUT2D eigenvalue weighted by molar-refractivity contribution is 5.39. The van der Waals surface area contributed by atoms with E-state index in [1.807, 2.05) is 12.1 Å². The predicted molar refractivity (Wildman–Crippen MR) is 122 cm³/mol. The minimum atomic E-state index is -0.925. The van der Waals surface area contributed by atoms with Gasteiger partial charge in [0.1, 0.15) is 5.60 Å². The van der Waals surface area contributed by atoms with Crippen molar-refractivity contribution in [3.63, 3.8) is 0 Å². The molecule has 0 amide bonds. The summed E-state index contributed by atoms with van der Waals surface area (Å²) >= 11 is 0. The molecule has 0 atom stereocenters. The molecule has 3 heteroatoms. The summed E-state index contributed by atoms with van der Waals surface area (Å²) in [6.07, 6.45) is 4.40. The number of aliphatic hydroxyl groups is 1. The van der Waals surface area contributed by atoms with Crippen LogP contribution < -0.4 is 17.0 Å². The van der Waals surface area contributed by atoms with Gasteiger partial charge in [-0.05, 0) is 16.7 Å². The maximum Gasteiger partial charge on any atom is 0.121 e. The quantitative estimate of drug-likeness (QED) is 0.539. The lowest BCUT2D eigenvalue weighted by molar-refractivity contribution is -0.946. The molecule has 3 aliphatic rings. The van der Waals surface area contributed by atoms with E-state index in [9.17, 15) is 5.11 Å². The van der Waals surface area contributed by atoms with Gasteiger partial charge in [-0.25, -0.2) is 0 Å². The Morgan fingerprint density at radius 2 is 1.10 bits per heavy atom. The molecule has 0 unspecified atom stereocenters. The van der Waals surface area contributed by atoms with Crippen molar-refractivity contribution >= 4 is 0 Å². The minimum absolute atomic E-state index is 0. The van der Waals surface area contributed by atoms with E-state index in [2.05, 4.69) is 78.9 Å². The standard InChI is InChI=1S/C28H32NO.BrH/c30-28(25-12-6-2-7-13-25,26-14-8-3-9-15-26)27-17-21-29(22-18-27,23-19-27)20-16-24-10-4-1-5-11-24;/h1-15,30H,16-23H2;1H/q+1;/p-1. The number of nitrogens with zero attached hydrogens (tertiary/aromatic N) is 1. The molecule has 0 aromatic heterocycles. The van der Waals surface area contributed by atoms with Gasteiger partial charge in [0.15, 0.2) is 0 Å². The Morgan fingerprint density at radius 3 is 1.55 bits per heavy atom.